The van der Waals surface area contributed by atoms with Gasteiger partial charge in [-0.3, -0.25) is 4.79 Å². The number of nitrogens with zero attached hydrogens (tertiary/aromatic N) is 3. The number of aromatic nitrogens is 1. The molecule has 0 bridgehead atoms. The normalized spacial score (nSPS) is 25.0. The van der Waals surface area contributed by atoms with Crippen LogP contribution in [0, 0.1) is 11.3 Å². The van der Waals surface area contributed by atoms with Crippen molar-refractivity contribution < 1.29 is 14.3 Å². The molecule has 110 valence electrons. The summed E-state index contributed by atoms with van der Waals surface area (Å²) in [7, 11) is 1.70. The first-order valence-electron chi connectivity index (χ1n) is 6.85. The molecule has 2 fully saturated rings. The predicted molar refractivity (Wildman–Crippen MR) is 72.5 cm³/mol. The quantitative estimate of drug-likeness (QED) is 0.833. The maximum Gasteiger partial charge on any atom is 0.410 e. The predicted octanol–water partition coefficient (Wildman–Crippen LogP) is 0.943. The molecule has 1 atom stereocenters. The van der Waals surface area contributed by atoms with Gasteiger partial charge in [0.25, 0.3) is 5.91 Å². The molecular formula is C14H16N4O3. The van der Waals surface area contributed by atoms with E-state index in [1.54, 1.807) is 11.9 Å². The van der Waals surface area contributed by atoms with Crippen LogP contribution in [0.2, 0.25) is 0 Å². The highest BCUT2D eigenvalue weighted by Crippen LogP contribution is 2.31. The summed E-state index contributed by atoms with van der Waals surface area (Å²) in [5.74, 6) is -0.166. The fourth-order valence-electron chi connectivity index (χ4n) is 3.03. The monoisotopic (exact) mass is 288 g/mol. The molecule has 7 heteroatoms. The number of H-pyrrole nitrogens is 1. The number of piperidine rings is 1. The van der Waals surface area contributed by atoms with Crippen molar-refractivity contribution in [2.24, 2.45) is 0 Å². The van der Waals surface area contributed by atoms with Crippen LogP contribution in [0.15, 0.2) is 12.3 Å². The zero-order chi connectivity index (χ0) is 15.0. The Morgan fingerprint density at radius 2 is 2.33 bits per heavy atom. The molecule has 21 heavy (non-hydrogen) atoms. The van der Waals surface area contributed by atoms with Crippen molar-refractivity contribution in [1.29, 1.82) is 5.26 Å². The zero-order valence-electron chi connectivity index (χ0n) is 11.8. The van der Waals surface area contributed by atoms with Crippen molar-refractivity contribution in [2.45, 2.75) is 18.4 Å². The number of carbonyl (C=O) groups is 2. The highest BCUT2D eigenvalue weighted by molar-refractivity contribution is 5.93. The van der Waals surface area contributed by atoms with Crippen molar-refractivity contribution >= 4 is 12.0 Å². The molecule has 7 nitrogen and oxygen atoms in total. The molecule has 0 aliphatic carbocycles. The summed E-state index contributed by atoms with van der Waals surface area (Å²) in [6.07, 6.45) is 2.73. The average molecular weight is 288 g/mol. The van der Waals surface area contributed by atoms with Gasteiger partial charge in [-0.1, -0.05) is 0 Å². The van der Waals surface area contributed by atoms with Crippen LogP contribution in [-0.2, 0) is 4.74 Å². The van der Waals surface area contributed by atoms with Crippen LogP contribution in [0.4, 0.5) is 4.79 Å². The lowest BCUT2D eigenvalue weighted by Crippen LogP contribution is -2.52. The molecular weight excluding hydrogens is 272 g/mol. The molecule has 1 aromatic heterocycles. The van der Waals surface area contributed by atoms with Crippen molar-refractivity contribution in [3.63, 3.8) is 0 Å². The van der Waals surface area contributed by atoms with Crippen molar-refractivity contribution in [1.82, 2.24) is 14.8 Å². The Morgan fingerprint density at radius 1 is 1.52 bits per heavy atom. The van der Waals surface area contributed by atoms with Crippen LogP contribution in [-0.4, -0.2) is 59.1 Å². The molecule has 3 rings (SSSR count). The maximum absolute atomic E-state index is 12.5. The Bertz CT molecular complexity index is 632. The number of amides is 2. The zero-order valence-corrected chi connectivity index (χ0v) is 11.8. The second-order valence-electron chi connectivity index (χ2n) is 5.65. The summed E-state index contributed by atoms with van der Waals surface area (Å²) in [6.45, 7) is 1.52. The number of hydrogen-bond donors (Lipinski definition) is 1. The van der Waals surface area contributed by atoms with Crippen molar-refractivity contribution in [3.05, 3.63) is 23.5 Å². The van der Waals surface area contributed by atoms with Crippen molar-refractivity contribution in [2.75, 3.05) is 26.7 Å². The molecule has 1 spiro atoms. The first-order chi connectivity index (χ1) is 10.0. The molecule has 2 aliphatic heterocycles. The largest absolute Gasteiger partial charge is 0.439 e. The number of ether oxygens (including phenoxy) is 1. The van der Waals surface area contributed by atoms with Crippen LogP contribution < -0.4 is 0 Å². The third-order valence-corrected chi connectivity index (χ3v) is 4.01. The molecule has 2 saturated heterocycles. The first kappa shape index (κ1) is 13.5. The van der Waals surface area contributed by atoms with Crippen molar-refractivity contribution in [3.8, 4) is 6.07 Å². The van der Waals surface area contributed by atoms with Gasteiger partial charge in [-0.15, -0.1) is 0 Å². The summed E-state index contributed by atoms with van der Waals surface area (Å²) in [5.41, 5.74) is 0.225. The minimum atomic E-state index is -0.593. The minimum absolute atomic E-state index is 0.166. The Labute approximate surface area is 122 Å². The van der Waals surface area contributed by atoms with Gasteiger partial charge in [-0.25, -0.2) is 4.79 Å². The van der Waals surface area contributed by atoms with E-state index in [1.807, 2.05) is 6.07 Å². The van der Waals surface area contributed by atoms with Crippen LogP contribution in [0.3, 0.4) is 0 Å². The van der Waals surface area contributed by atoms with Gasteiger partial charge in [-0.05, 0) is 18.9 Å². The van der Waals surface area contributed by atoms with Gasteiger partial charge in [0, 0.05) is 19.8 Å². The van der Waals surface area contributed by atoms with E-state index in [2.05, 4.69) is 4.98 Å². The van der Waals surface area contributed by atoms with Gasteiger partial charge in [0.15, 0.2) is 0 Å². The Kier molecular flexibility index (Phi) is 3.09. The lowest BCUT2D eigenvalue weighted by Gasteiger charge is -2.38. The second kappa shape index (κ2) is 4.81. The summed E-state index contributed by atoms with van der Waals surface area (Å²) in [5, 5.41) is 8.81. The van der Waals surface area contributed by atoms with E-state index in [4.69, 9.17) is 10.00 Å². The van der Waals surface area contributed by atoms with E-state index in [1.165, 1.54) is 17.2 Å². The molecule has 0 radical (unpaired) electrons. The molecule has 0 aromatic carbocycles. The lowest BCUT2D eigenvalue weighted by molar-refractivity contribution is -0.00538. The molecule has 2 aliphatic rings. The number of nitrogens with one attached hydrogen (secondary N) is 1. The number of likely N-dealkylation sites (tertiary alicyclic amines) is 1. The molecule has 0 saturated carbocycles. The average Bonchev–Trinajstić information content (AvgIpc) is 3.04. The number of likely N-dealkylation sites (N-methyl/N-ethyl adjacent to an activating group) is 1. The van der Waals surface area contributed by atoms with Gasteiger partial charge in [0.2, 0.25) is 0 Å². The Morgan fingerprint density at radius 3 is 2.95 bits per heavy atom. The number of hydrogen-bond acceptors (Lipinski definition) is 4. The number of rotatable bonds is 1. The number of aromatic amines is 1. The summed E-state index contributed by atoms with van der Waals surface area (Å²) < 4.78 is 5.48. The smallest absolute Gasteiger partial charge is 0.410 e. The Balaban J connectivity index is 1.76. The van der Waals surface area contributed by atoms with Gasteiger partial charge in [0.1, 0.15) is 17.4 Å². The third kappa shape index (κ3) is 2.33. The fraction of sp³-hybridized carbons (Fsp3) is 0.500. The highest BCUT2D eigenvalue weighted by atomic mass is 16.6. The van der Waals surface area contributed by atoms with E-state index >= 15 is 0 Å². The number of carbonyl (C=O) groups excluding carboxylic acids is 2. The van der Waals surface area contributed by atoms with Gasteiger partial charge >= 0.3 is 6.09 Å². The molecule has 1 aromatic rings. The third-order valence-electron chi connectivity index (χ3n) is 4.01. The SMILES string of the molecule is CN1C[C@]2(CCCN(C(=O)c3cc(C#N)c[nH]3)C2)OC1=O. The standard InChI is InChI=1S/C14H16N4O3/c1-17-8-14(21-13(17)20)3-2-4-18(9-14)12(19)11-5-10(6-15)7-16-11/h5,7,16H,2-4,8-9H2,1H3/t14-/m0/s1. The van der Waals surface area contributed by atoms with Crippen LogP contribution in [0.5, 0.6) is 0 Å². The fourth-order valence-corrected chi connectivity index (χ4v) is 3.03. The van der Waals surface area contributed by atoms with E-state index in [0.29, 0.717) is 30.9 Å². The van der Waals surface area contributed by atoms with Crippen LogP contribution in [0.1, 0.15) is 28.9 Å². The minimum Gasteiger partial charge on any atom is -0.439 e. The first-order valence-corrected chi connectivity index (χ1v) is 6.85. The summed E-state index contributed by atoms with van der Waals surface area (Å²) in [6, 6.07) is 3.53. The second-order valence-corrected chi connectivity index (χ2v) is 5.65. The van der Waals surface area contributed by atoms with Gasteiger partial charge in [-0.2, -0.15) is 5.26 Å². The molecule has 2 amide bonds. The summed E-state index contributed by atoms with van der Waals surface area (Å²) in [4.78, 5) is 30.1. The number of nitriles is 1. The highest BCUT2D eigenvalue weighted by Gasteiger charge is 2.47. The van der Waals surface area contributed by atoms with Crippen LogP contribution >= 0.6 is 0 Å². The van der Waals surface area contributed by atoms with Gasteiger partial charge < -0.3 is 19.5 Å². The van der Waals surface area contributed by atoms with Crippen LogP contribution in [0.25, 0.3) is 0 Å². The summed E-state index contributed by atoms with van der Waals surface area (Å²) >= 11 is 0. The topological polar surface area (TPSA) is 89.4 Å². The van der Waals surface area contributed by atoms with E-state index in [-0.39, 0.29) is 12.0 Å². The maximum atomic E-state index is 12.5. The Hall–Kier alpha value is -2.49. The van der Waals surface area contributed by atoms with E-state index < -0.39 is 5.60 Å². The molecule has 0 unspecified atom stereocenters. The van der Waals surface area contributed by atoms with Gasteiger partial charge in [0.05, 0.1) is 18.7 Å². The van der Waals surface area contributed by atoms with E-state index in [0.717, 1.165) is 12.8 Å². The molecule has 3 heterocycles. The molecule has 1 N–H and O–H groups in total. The lowest BCUT2D eigenvalue weighted by atomic mass is 9.92. The van der Waals surface area contributed by atoms with E-state index in [9.17, 15) is 9.59 Å².